The second-order valence-corrected chi connectivity index (χ2v) is 20.5. The van der Waals surface area contributed by atoms with Crippen LogP contribution in [0.1, 0.15) is 69.9 Å². The van der Waals surface area contributed by atoms with E-state index in [4.69, 9.17) is 39.8 Å². The maximum absolute atomic E-state index is 17.1. The number of terminal acetylenes is 1. The first-order valence-electron chi connectivity index (χ1n) is 26.5. The molecule has 0 bridgehead atoms. The van der Waals surface area contributed by atoms with Gasteiger partial charge in [0.15, 0.2) is 5.82 Å². The number of imide groups is 1. The number of fused-ring (bicyclic) bond motifs is 4. The molecule has 20 nitrogen and oxygen atoms in total. The second kappa shape index (κ2) is 23.4. The monoisotopic (exact) mass is 1080 g/mol. The molecule has 22 heteroatoms. The number of imidazole rings is 1. The summed E-state index contributed by atoms with van der Waals surface area (Å²) in [6.07, 6.45) is 11.7. The number of amides is 3. The molecule has 4 fully saturated rings. The minimum Gasteiger partial charge on any atom is -0.491 e. The summed E-state index contributed by atoms with van der Waals surface area (Å²) in [6.45, 7) is 6.17. The van der Waals surface area contributed by atoms with Gasteiger partial charge in [0.25, 0.3) is 0 Å². The van der Waals surface area contributed by atoms with Gasteiger partial charge in [0.2, 0.25) is 11.8 Å². The summed E-state index contributed by atoms with van der Waals surface area (Å²) in [6, 6.07) is 12.4. The van der Waals surface area contributed by atoms with Gasteiger partial charge in [-0.05, 0) is 82.0 Å². The molecule has 10 rings (SSSR count). The summed E-state index contributed by atoms with van der Waals surface area (Å²) in [7, 11) is 1.62. The fraction of sp³-hybridized carbons (Fsp3) is 0.482. The highest BCUT2D eigenvalue weighted by Crippen LogP contribution is 2.44. The van der Waals surface area contributed by atoms with Crippen LogP contribution in [0.3, 0.4) is 0 Å². The summed E-state index contributed by atoms with van der Waals surface area (Å²) in [4.78, 5) is 68.1. The Morgan fingerprint density at radius 2 is 1.71 bits per heavy atom. The Labute approximate surface area is 448 Å². The molecule has 3 amide bonds. The molecule has 4 atom stereocenters. The molecule has 6 aromatic rings. The van der Waals surface area contributed by atoms with Gasteiger partial charge in [0, 0.05) is 62.4 Å². The number of alkyl carbamates (subject to hydrolysis) is 1. The smallest absolute Gasteiger partial charge is 0.407 e. The van der Waals surface area contributed by atoms with Crippen molar-refractivity contribution in [3.05, 3.63) is 82.4 Å². The molecule has 3 aromatic heterocycles. The molecule has 0 radical (unpaired) electrons. The van der Waals surface area contributed by atoms with Crippen LogP contribution < -0.4 is 30.7 Å². The van der Waals surface area contributed by atoms with Crippen LogP contribution in [0.5, 0.6) is 11.8 Å². The number of benzene rings is 3. The molecule has 0 aliphatic carbocycles. The van der Waals surface area contributed by atoms with Crippen LogP contribution in [0.2, 0.25) is 0 Å². The topological polar surface area (TPSA) is 223 Å². The van der Waals surface area contributed by atoms with Crippen molar-refractivity contribution in [2.45, 2.75) is 81.5 Å². The maximum atomic E-state index is 17.1. The van der Waals surface area contributed by atoms with E-state index in [0.29, 0.717) is 96.7 Å². The first kappa shape index (κ1) is 54.1. The standard InChI is InChI=1S/C56H63F2N9O11/c1-4-38-41(57)12-10-35-8-5-9-39(46(35)38)48-47(58)49-40(31-60-48)50(65-21-6-17-55(2,72)33-65)63-52(62-49)78-34-56-18-7-22-66(56)36(16-19-56)32-77-53(70)59-20-23-73-24-25-74-26-27-75-28-29-76-37-11-13-42-44(30-37)64(3)54(71)67(42)43-14-15-45(68)61-51(43)69/h1,5,8-13,30-31,36,43,72H,6-7,14-29,32-34H2,2-3H3,(H,59,70)(H,61,68,69)/t36-,43?,55+,56-/m0/s1. The lowest BCUT2D eigenvalue weighted by Crippen LogP contribution is -2.48. The molecule has 0 saturated carbocycles. The fourth-order valence-corrected chi connectivity index (χ4v) is 11.5. The number of nitrogens with one attached hydrogen (secondary N) is 2. The van der Waals surface area contributed by atoms with Crippen LogP contribution in [0.25, 0.3) is 44.0 Å². The van der Waals surface area contributed by atoms with Crippen molar-refractivity contribution in [3.63, 3.8) is 0 Å². The number of ether oxygens (including phenoxy) is 6. The van der Waals surface area contributed by atoms with Gasteiger partial charge in [0.05, 0.1) is 72.8 Å². The molecule has 78 heavy (non-hydrogen) atoms. The summed E-state index contributed by atoms with van der Waals surface area (Å²) < 4.78 is 69.8. The van der Waals surface area contributed by atoms with Crippen molar-refractivity contribution in [3.8, 4) is 35.4 Å². The highest BCUT2D eigenvalue weighted by Gasteiger charge is 2.50. The zero-order valence-corrected chi connectivity index (χ0v) is 43.7. The Morgan fingerprint density at radius 1 is 0.923 bits per heavy atom. The van der Waals surface area contributed by atoms with Crippen LogP contribution in [-0.2, 0) is 35.6 Å². The Hall–Kier alpha value is -7.29. The van der Waals surface area contributed by atoms with Crippen molar-refractivity contribution in [1.29, 1.82) is 0 Å². The number of aryl methyl sites for hydroxylation is 1. The summed E-state index contributed by atoms with van der Waals surface area (Å²) >= 11 is 0. The lowest BCUT2D eigenvalue weighted by Gasteiger charge is -2.38. The molecule has 4 aliphatic heterocycles. The number of rotatable bonds is 21. The molecule has 1 unspecified atom stereocenters. The van der Waals surface area contributed by atoms with Crippen LogP contribution >= 0.6 is 0 Å². The molecule has 4 saturated heterocycles. The number of aromatic nitrogens is 5. The van der Waals surface area contributed by atoms with Crippen molar-refractivity contribution < 1.29 is 56.7 Å². The minimum absolute atomic E-state index is 0.00788. The van der Waals surface area contributed by atoms with E-state index in [-0.39, 0.29) is 98.3 Å². The lowest BCUT2D eigenvalue weighted by atomic mass is 9.95. The van der Waals surface area contributed by atoms with Crippen molar-refractivity contribution >= 4 is 56.4 Å². The van der Waals surface area contributed by atoms with E-state index >= 15 is 4.39 Å². The van der Waals surface area contributed by atoms with Gasteiger partial charge < -0.3 is 43.7 Å². The molecule has 7 heterocycles. The molecule has 0 spiro atoms. The van der Waals surface area contributed by atoms with E-state index < -0.39 is 35.3 Å². The van der Waals surface area contributed by atoms with E-state index in [2.05, 4.69) is 31.4 Å². The Balaban J connectivity index is 0.653. The zero-order chi connectivity index (χ0) is 54.6. The van der Waals surface area contributed by atoms with Gasteiger partial charge in [0.1, 0.15) is 54.5 Å². The number of pyridine rings is 1. The van der Waals surface area contributed by atoms with Gasteiger partial charge in [-0.2, -0.15) is 9.97 Å². The number of carbonyl (C=O) groups is 3. The van der Waals surface area contributed by atoms with Crippen molar-refractivity contribution in [2.75, 3.05) is 90.5 Å². The van der Waals surface area contributed by atoms with Crippen LogP contribution in [0, 0.1) is 24.0 Å². The van der Waals surface area contributed by atoms with Gasteiger partial charge in [-0.1, -0.05) is 30.2 Å². The number of halogens is 2. The molecular weight excluding hydrogens is 1010 g/mol. The van der Waals surface area contributed by atoms with E-state index in [1.165, 1.54) is 21.4 Å². The molecular formula is C56H63F2N9O11. The van der Waals surface area contributed by atoms with Crippen LogP contribution in [-0.4, -0.2) is 155 Å². The number of carbonyl (C=O) groups excluding carboxylic acids is 3. The van der Waals surface area contributed by atoms with E-state index in [1.807, 2.05) is 4.90 Å². The predicted molar refractivity (Wildman–Crippen MR) is 283 cm³/mol. The number of piperidine rings is 2. The predicted octanol–water partition coefficient (Wildman–Crippen LogP) is 5.32. The quantitative estimate of drug-likeness (QED) is 0.0472. The molecule has 412 valence electrons. The van der Waals surface area contributed by atoms with Crippen molar-refractivity contribution in [2.24, 2.45) is 7.05 Å². The number of hydrogen-bond acceptors (Lipinski definition) is 16. The number of hydrogen-bond donors (Lipinski definition) is 3. The fourth-order valence-electron chi connectivity index (χ4n) is 11.5. The highest BCUT2D eigenvalue weighted by molar-refractivity contribution is 6.02. The Morgan fingerprint density at radius 3 is 2.49 bits per heavy atom. The largest absolute Gasteiger partial charge is 0.491 e. The normalized spacial score (nSPS) is 21.5. The van der Waals surface area contributed by atoms with Gasteiger partial charge in [-0.3, -0.25) is 33.9 Å². The SMILES string of the molecule is C#Cc1c(F)ccc2cccc(-c3ncc4c(N5CCC[C@@](C)(O)C5)nc(OC[C@@]56CCCN5[C@H](COC(=O)NCCOCCOCCOCCOc5ccc7c(c5)n(C)c(=O)n7C5CCC(=O)NC5=O)CC6)nc4c3F)c12. The summed E-state index contributed by atoms with van der Waals surface area (Å²) in [5, 5.41) is 17.5. The Kier molecular flexibility index (Phi) is 16.2. The average molecular weight is 1080 g/mol. The lowest BCUT2D eigenvalue weighted by molar-refractivity contribution is -0.135. The average Bonchev–Trinajstić information content (AvgIpc) is 4.19. The minimum atomic E-state index is -1.00. The van der Waals surface area contributed by atoms with Crippen LogP contribution in [0.4, 0.5) is 19.4 Å². The third kappa shape index (κ3) is 11.3. The van der Waals surface area contributed by atoms with E-state index in [1.54, 1.807) is 56.4 Å². The number of β-amino-alcohol motifs (C(OH)–C–C–N with tert-alkyl or cyclic N) is 1. The summed E-state index contributed by atoms with van der Waals surface area (Å²) in [5.41, 5.74) is -0.314. The number of anilines is 1. The van der Waals surface area contributed by atoms with E-state index in [9.17, 15) is 28.7 Å². The highest BCUT2D eigenvalue weighted by atomic mass is 19.1. The van der Waals surface area contributed by atoms with Gasteiger partial charge in [-0.25, -0.2) is 18.4 Å². The maximum Gasteiger partial charge on any atom is 0.407 e. The number of aliphatic hydroxyl groups is 1. The van der Waals surface area contributed by atoms with E-state index in [0.717, 1.165) is 32.2 Å². The second-order valence-electron chi connectivity index (χ2n) is 20.5. The molecule has 4 aliphatic rings. The van der Waals surface area contributed by atoms with Gasteiger partial charge >= 0.3 is 17.8 Å². The third-order valence-corrected chi connectivity index (χ3v) is 15.3. The first-order valence-corrected chi connectivity index (χ1v) is 26.5. The molecule has 3 N–H and O–H groups in total. The van der Waals surface area contributed by atoms with Crippen molar-refractivity contribution in [1.82, 2.24) is 39.6 Å². The number of nitrogens with zero attached hydrogens (tertiary/aromatic N) is 7. The molecule has 3 aromatic carbocycles. The van der Waals surface area contributed by atoms with Gasteiger partial charge in [-0.15, -0.1) is 6.42 Å². The summed E-state index contributed by atoms with van der Waals surface area (Å²) in [5.74, 6) is 1.18. The Bertz CT molecular complexity index is 3340. The van der Waals surface area contributed by atoms with Crippen LogP contribution in [0.15, 0.2) is 59.5 Å². The third-order valence-electron chi connectivity index (χ3n) is 15.3. The first-order chi connectivity index (χ1) is 37.7. The zero-order valence-electron chi connectivity index (χ0n) is 43.7.